The molecular weight excluding hydrogens is 336 g/mol. The summed E-state index contributed by atoms with van der Waals surface area (Å²) >= 11 is 0. The molecule has 1 aromatic carbocycles. The fraction of sp³-hybridized carbons (Fsp3) is 0.0952. The van der Waals surface area contributed by atoms with Crippen molar-refractivity contribution in [2.24, 2.45) is 0 Å². The number of fused-ring (bicyclic) bond motifs is 1. The summed E-state index contributed by atoms with van der Waals surface area (Å²) in [5.41, 5.74) is 10.6. The summed E-state index contributed by atoms with van der Waals surface area (Å²) in [5.74, 6) is 1.48. The number of nitrogens with zero attached hydrogens (tertiary/aromatic N) is 3. The SMILES string of the molecule is CNc1ccc(-c2ccc(N)c(NCc3ccc4ncccc4c3)n2)cn1. The topological polar surface area (TPSA) is 88.8 Å². The second-order valence-electron chi connectivity index (χ2n) is 6.20. The van der Waals surface area contributed by atoms with Gasteiger partial charge in [-0.05, 0) is 48.0 Å². The summed E-state index contributed by atoms with van der Waals surface area (Å²) < 4.78 is 0. The first-order valence-corrected chi connectivity index (χ1v) is 8.71. The summed E-state index contributed by atoms with van der Waals surface area (Å²) in [6.07, 6.45) is 3.60. The second kappa shape index (κ2) is 7.29. The molecule has 0 amide bonds. The molecule has 0 fully saturated rings. The number of hydrogen-bond donors (Lipinski definition) is 3. The Morgan fingerprint density at radius 2 is 1.93 bits per heavy atom. The summed E-state index contributed by atoms with van der Waals surface area (Å²) in [7, 11) is 1.84. The summed E-state index contributed by atoms with van der Waals surface area (Å²) in [6.45, 7) is 0.627. The van der Waals surface area contributed by atoms with Gasteiger partial charge in [-0.25, -0.2) is 9.97 Å². The monoisotopic (exact) mass is 356 g/mol. The van der Waals surface area contributed by atoms with Crippen LogP contribution in [-0.2, 0) is 6.54 Å². The van der Waals surface area contributed by atoms with E-state index in [1.807, 2.05) is 43.4 Å². The minimum absolute atomic E-state index is 0.612. The molecule has 0 saturated heterocycles. The Kier molecular flexibility index (Phi) is 4.53. The van der Waals surface area contributed by atoms with Crippen molar-refractivity contribution >= 4 is 28.2 Å². The number of pyridine rings is 3. The lowest BCUT2D eigenvalue weighted by Gasteiger charge is -2.11. The number of nitrogens with two attached hydrogens (primary N) is 1. The maximum atomic E-state index is 6.11. The van der Waals surface area contributed by atoms with Crippen molar-refractivity contribution in [1.29, 1.82) is 0 Å². The molecule has 4 rings (SSSR count). The van der Waals surface area contributed by atoms with Gasteiger partial charge in [0.05, 0.1) is 16.9 Å². The fourth-order valence-corrected chi connectivity index (χ4v) is 2.89. The molecular formula is C21H20N6. The zero-order valence-corrected chi connectivity index (χ0v) is 15.0. The van der Waals surface area contributed by atoms with Crippen molar-refractivity contribution in [2.75, 3.05) is 23.4 Å². The van der Waals surface area contributed by atoms with Gasteiger partial charge in [-0.2, -0.15) is 0 Å². The minimum atomic E-state index is 0.612. The highest BCUT2D eigenvalue weighted by Crippen LogP contribution is 2.24. The van der Waals surface area contributed by atoms with Crippen molar-refractivity contribution in [3.05, 3.63) is 72.6 Å². The molecule has 4 N–H and O–H groups in total. The molecule has 3 aromatic heterocycles. The lowest BCUT2D eigenvalue weighted by Crippen LogP contribution is -2.05. The molecule has 0 unspecified atom stereocenters. The van der Waals surface area contributed by atoms with Crippen molar-refractivity contribution in [3.8, 4) is 11.3 Å². The van der Waals surface area contributed by atoms with Crippen LogP contribution in [0.15, 0.2) is 67.0 Å². The predicted molar refractivity (Wildman–Crippen MR) is 110 cm³/mol. The first kappa shape index (κ1) is 16.8. The van der Waals surface area contributed by atoms with E-state index in [0.29, 0.717) is 18.1 Å². The molecule has 6 heteroatoms. The van der Waals surface area contributed by atoms with Crippen molar-refractivity contribution < 1.29 is 0 Å². The van der Waals surface area contributed by atoms with E-state index in [4.69, 9.17) is 5.73 Å². The normalized spacial score (nSPS) is 10.7. The van der Waals surface area contributed by atoms with Crippen LogP contribution in [0.3, 0.4) is 0 Å². The molecule has 0 aliphatic rings. The van der Waals surface area contributed by atoms with Gasteiger partial charge < -0.3 is 16.4 Å². The number of benzene rings is 1. The van der Waals surface area contributed by atoms with Crippen LogP contribution < -0.4 is 16.4 Å². The fourth-order valence-electron chi connectivity index (χ4n) is 2.89. The van der Waals surface area contributed by atoms with E-state index in [1.54, 1.807) is 12.4 Å². The molecule has 0 saturated carbocycles. The van der Waals surface area contributed by atoms with Crippen molar-refractivity contribution in [3.63, 3.8) is 0 Å². The van der Waals surface area contributed by atoms with E-state index >= 15 is 0 Å². The Balaban J connectivity index is 1.55. The van der Waals surface area contributed by atoms with Crippen LogP contribution in [-0.4, -0.2) is 22.0 Å². The average molecular weight is 356 g/mol. The zero-order valence-electron chi connectivity index (χ0n) is 15.0. The van der Waals surface area contributed by atoms with Gasteiger partial charge in [-0.15, -0.1) is 0 Å². The van der Waals surface area contributed by atoms with Crippen LogP contribution >= 0.6 is 0 Å². The largest absolute Gasteiger partial charge is 0.396 e. The third-order valence-corrected chi connectivity index (χ3v) is 4.37. The number of hydrogen-bond acceptors (Lipinski definition) is 6. The van der Waals surface area contributed by atoms with Gasteiger partial charge in [0, 0.05) is 36.9 Å². The Morgan fingerprint density at radius 3 is 2.74 bits per heavy atom. The molecule has 4 aromatic rings. The number of anilines is 3. The molecule has 0 aliphatic heterocycles. The Hall–Kier alpha value is -3.67. The second-order valence-corrected chi connectivity index (χ2v) is 6.20. The van der Waals surface area contributed by atoms with Gasteiger partial charge in [-0.3, -0.25) is 4.98 Å². The van der Waals surface area contributed by atoms with E-state index in [2.05, 4.69) is 43.8 Å². The highest BCUT2D eigenvalue weighted by Gasteiger charge is 2.06. The van der Waals surface area contributed by atoms with Crippen LogP contribution in [0, 0.1) is 0 Å². The first-order chi connectivity index (χ1) is 13.2. The van der Waals surface area contributed by atoms with Gasteiger partial charge in [0.2, 0.25) is 0 Å². The predicted octanol–water partition coefficient (Wildman–Crippen LogP) is 3.93. The molecule has 0 bridgehead atoms. The van der Waals surface area contributed by atoms with E-state index in [1.165, 1.54) is 0 Å². The standard InChI is InChI=1S/C21H20N6/c1-23-20-9-5-16(13-25-20)19-8-6-17(22)21(27-19)26-12-14-4-7-18-15(11-14)3-2-10-24-18/h2-11,13H,12,22H2,1H3,(H,23,25)(H,26,27). The summed E-state index contributed by atoms with van der Waals surface area (Å²) in [4.78, 5) is 13.4. The molecule has 0 spiro atoms. The van der Waals surface area contributed by atoms with Crippen LogP contribution in [0.4, 0.5) is 17.3 Å². The van der Waals surface area contributed by atoms with E-state index in [9.17, 15) is 0 Å². The van der Waals surface area contributed by atoms with Crippen LogP contribution in [0.2, 0.25) is 0 Å². The van der Waals surface area contributed by atoms with Gasteiger partial charge in [-0.1, -0.05) is 12.1 Å². The molecule has 27 heavy (non-hydrogen) atoms. The molecule has 134 valence electrons. The highest BCUT2D eigenvalue weighted by atomic mass is 15.0. The Bertz CT molecular complexity index is 1080. The molecule has 3 heterocycles. The van der Waals surface area contributed by atoms with Crippen molar-refractivity contribution in [2.45, 2.75) is 6.54 Å². The number of nitrogen functional groups attached to an aromatic ring is 1. The van der Waals surface area contributed by atoms with E-state index in [0.717, 1.165) is 33.5 Å². The van der Waals surface area contributed by atoms with Gasteiger partial charge in [0.15, 0.2) is 0 Å². The average Bonchev–Trinajstić information content (AvgIpc) is 2.73. The van der Waals surface area contributed by atoms with Gasteiger partial charge in [0.25, 0.3) is 0 Å². The third-order valence-electron chi connectivity index (χ3n) is 4.37. The summed E-state index contributed by atoms with van der Waals surface area (Å²) in [6, 6.07) is 17.9. The summed E-state index contributed by atoms with van der Waals surface area (Å²) in [5, 5.41) is 7.46. The molecule has 0 radical (unpaired) electrons. The lowest BCUT2D eigenvalue weighted by molar-refractivity contribution is 1.12. The first-order valence-electron chi connectivity index (χ1n) is 8.71. The molecule has 0 aliphatic carbocycles. The smallest absolute Gasteiger partial charge is 0.150 e. The van der Waals surface area contributed by atoms with E-state index < -0.39 is 0 Å². The number of rotatable bonds is 5. The maximum absolute atomic E-state index is 6.11. The lowest BCUT2D eigenvalue weighted by atomic mass is 10.1. The Morgan fingerprint density at radius 1 is 1.00 bits per heavy atom. The number of aromatic nitrogens is 3. The van der Waals surface area contributed by atoms with E-state index in [-0.39, 0.29) is 0 Å². The minimum Gasteiger partial charge on any atom is -0.396 e. The van der Waals surface area contributed by atoms with Crippen LogP contribution in [0.25, 0.3) is 22.2 Å². The third kappa shape index (κ3) is 3.64. The van der Waals surface area contributed by atoms with Gasteiger partial charge >= 0.3 is 0 Å². The number of nitrogens with one attached hydrogen (secondary N) is 2. The maximum Gasteiger partial charge on any atom is 0.150 e. The Labute approximate surface area is 157 Å². The zero-order chi connectivity index (χ0) is 18.6. The van der Waals surface area contributed by atoms with Crippen molar-refractivity contribution in [1.82, 2.24) is 15.0 Å². The highest BCUT2D eigenvalue weighted by molar-refractivity contribution is 5.79. The quantitative estimate of drug-likeness (QED) is 0.502. The molecule has 6 nitrogen and oxygen atoms in total. The van der Waals surface area contributed by atoms with Crippen LogP contribution in [0.5, 0.6) is 0 Å². The van der Waals surface area contributed by atoms with Gasteiger partial charge in [0.1, 0.15) is 11.6 Å². The van der Waals surface area contributed by atoms with Crippen LogP contribution in [0.1, 0.15) is 5.56 Å². The molecule has 0 atom stereocenters.